The topological polar surface area (TPSA) is 54.0 Å². The van der Waals surface area contributed by atoms with Crippen LogP contribution in [0.15, 0.2) is 16.7 Å². The Balaban J connectivity index is 2.36. The van der Waals surface area contributed by atoms with Crippen LogP contribution >= 0.6 is 15.9 Å². The summed E-state index contributed by atoms with van der Waals surface area (Å²) in [5, 5.41) is 5.98. The molecular formula is C12H18BrN3O. The Labute approximate surface area is 110 Å². The van der Waals surface area contributed by atoms with Crippen LogP contribution in [0.2, 0.25) is 0 Å². The van der Waals surface area contributed by atoms with Crippen molar-refractivity contribution in [2.75, 3.05) is 18.4 Å². The molecule has 0 spiro atoms. The highest BCUT2D eigenvalue weighted by molar-refractivity contribution is 9.10. The number of carbonyl (C=O) groups excluding carboxylic acids is 1. The van der Waals surface area contributed by atoms with Crippen molar-refractivity contribution in [3.05, 3.63) is 22.3 Å². The minimum Gasteiger partial charge on any atom is -0.369 e. The van der Waals surface area contributed by atoms with Gasteiger partial charge in [0.25, 0.3) is 0 Å². The van der Waals surface area contributed by atoms with Crippen LogP contribution in [0.1, 0.15) is 25.3 Å². The maximum absolute atomic E-state index is 11.4. The van der Waals surface area contributed by atoms with E-state index in [0.717, 1.165) is 28.8 Å². The molecule has 0 aliphatic heterocycles. The molecule has 0 fully saturated rings. The molecule has 1 heterocycles. The SMILES string of the molecule is CCCNC(=O)CCNc1nccc(C)c1Br. The molecule has 17 heavy (non-hydrogen) atoms. The van der Waals surface area contributed by atoms with Gasteiger partial charge in [-0.05, 0) is 40.9 Å². The first-order valence-electron chi connectivity index (χ1n) is 5.76. The summed E-state index contributed by atoms with van der Waals surface area (Å²) in [4.78, 5) is 15.6. The van der Waals surface area contributed by atoms with Crippen LogP contribution in [0.3, 0.4) is 0 Å². The van der Waals surface area contributed by atoms with Gasteiger partial charge >= 0.3 is 0 Å². The number of carbonyl (C=O) groups is 1. The molecule has 0 saturated heterocycles. The van der Waals surface area contributed by atoms with Crippen molar-refractivity contribution in [3.63, 3.8) is 0 Å². The number of anilines is 1. The number of hydrogen-bond acceptors (Lipinski definition) is 3. The van der Waals surface area contributed by atoms with Crippen LogP contribution in [0.25, 0.3) is 0 Å². The van der Waals surface area contributed by atoms with Crippen LogP contribution in [-0.2, 0) is 4.79 Å². The molecule has 0 aliphatic carbocycles. The van der Waals surface area contributed by atoms with E-state index in [1.165, 1.54) is 0 Å². The molecule has 94 valence electrons. The average molecular weight is 300 g/mol. The fraction of sp³-hybridized carbons (Fsp3) is 0.500. The minimum atomic E-state index is 0.0723. The molecule has 0 aromatic carbocycles. The first-order valence-corrected chi connectivity index (χ1v) is 6.56. The Kier molecular flexibility index (Phi) is 5.97. The number of nitrogens with one attached hydrogen (secondary N) is 2. The van der Waals surface area contributed by atoms with Gasteiger partial charge in [0.15, 0.2) is 0 Å². The lowest BCUT2D eigenvalue weighted by molar-refractivity contribution is -0.120. The van der Waals surface area contributed by atoms with Gasteiger partial charge in [-0.25, -0.2) is 4.98 Å². The van der Waals surface area contributed by atoms with E-state index in [1.807, 2.05) is 19.9 Å². The van der Waals surface area contributed by atoms with Crippen molar-refractivity contribution in [1.82, 2.24) is 10.3 Å². The van der Waals surface area contributed by atoms with Gasteiger partial charge in [0.1, 0.15) is 5.82 Å². The van der Waals surface area contributed by atoms with Crippen LogP contribution in [0.5, 0.6) is 0 Å². The maximum atomic E-state index is 11.4. The monoisotopic (exact) mass is 299 g/mol. The largest absolute Gasteiger partial charge is 0.369 e. The highest BCUT2D eigenvalue weighted by atomic mass is 79.9. The number of pyridine rings is 1. The standard InChI is InChI=1S/C12H18BrN3O/c1-3-6-14-10(17)5-8-16-12-11(13)9(2)4-7-15-12/h4,7H,3,5-6,8H2,1-2H3,(H,14,17)(H,15,16). The number of amides is 1. The summed E-state index contributed by atoms with van der Waals surface area (Å²) < 4.78 is 0.953. The number of aromatic nitrogens is 1. The maximum Gasteiger partial charge on any atom is 0.221 e. The highest BCUT2D eigenvalue weighted by Gasteiger charge is 2.04. The van der Waals surface area contributed by atoms with E-state index in [4.69, 9.17) is 0 Å². The summed E-state index contributed by atoms with van der Waals surface area (Å²) in [5.74, 6) is 0.858. The summed E-state index contributed by atoms with van der Waals surface area (Å²) in [5.41, 5.74) is 1.12. The molecule has 0 bridgehead atoms. The highest BCUT2D eigenvalue weighted by Crippen LogP contribution is 2.22. The first-order chi connectivity index (χ1) is 8.15. The zero-order valence-electron chi connectivity index (χ0n) is 10.2. The van der Waals surface area contributed by atoms with E-state index < -0.39 is 0 Å². The van der Waals surface area contributed by atoms with E-state index in [2.05, 4.69) is 31.5 Å². The van der Waals surface area contributed by atoms with Gasteiger partial charge in [0.2, 0.25) is 5.91 Å². The number of halogens is 1. The normalized spacial score (nSPS) is 10.1. The van der Waals surface area contributed by atoms with Gasteiger partial charge in [0.05, 0.1) is 4.47 Å². The van der Waals surface area contributed by atoms with E-state index in [9.17, 15) is 4.79 Å². The quantitative estimate of drug-likeness (QED) is 0.848. The Bertz CT molecular complexity index is 382. The lowest BCUT2D eigenvalue weighted by Gasteiger charge is -2.09. The number of hydrogen-bond donors (Lipinski definition) is 2. The number of nitrogens with zero attached hydrogens (tertiary/aromatic N) is 1. The molecule has 1 amide bonds. The van der Waals surface area contributed by atoms with Crippen molar-refractivity contribution < 1.29 is 4.79 Å². The molecule has 0 aliphatic rings. The zero-order valence-corrected chi connectivity index (χ0v) is 11.8. The van der Waals surface area contributed by atoms with Gasteiger partial charge in [-0.2, -0.15) is 0 Å². The second kappa shape index (κ2) is 7.27. The first kappa shape index (κ1) is 14.0. The predicted molar refractivity (Wildman–Crippen MR) is 73.1 cm³/mol. The van der Waals surface area contributed by atoms with Crippen LogP contribution in [0.4, 0.5) is 5.82 Å². The summed E-state index contributed by atoms with van der Waals surface area (Å²) in [6, 6.07) is 1.93. The molecule has 1 aromatic heterocycles. The van der Waals surface area contributed by atoms with Crippen molar-refractivity contribution in [2.45, 2.75) is 26.7 Å². The fourth-order valence-corrected chi connectivity index (χ4v) is 1.69. The van der Waals surface area contributed by atoms with Crippen molar-refractivity contribution >= 4 is 27.7 Å². The third kappa shape index (κ3) is 4.73. The summed E-state index contributed by atoms with van der Waals surface area (Å²) in [7, 11) is 0. The summed E-state index contributed by atoms with van der Waals surface area (Å²) in [6.07, 6.45) is 3.17. The van der Waals surface area contributed by atoms with Crippen molar-refractivity contribution in [2.24, 2.45) is 0 Å². The van der Waals surface area contributed by atoms with Gasteiger partial charge in [-0.1, -0.05) is 6.92 Å². The Hall–Kier alpha value is -1.10. The Morgan fingerprint density at radius 3 is 2.94 bits per heavy atom. The molecule has 1 aromatic rings. The molecule has 0 radical (unpaired) electrons. The fourth-order valence-electron chi connectivity index (χ4n) is 1.31. The third-order valence-corrected chi connectivity index (χ3v) is 3.30. The van der Waals surface area contributed by atoms with Crippen LogP contribution in [-0.4, -0.2) is 24.0 Å². The second-order valence-corrected chi connectivity index (χ2v) is 4.61. The van der Waals surface area contributed by atoms with Crippen LogP contribution in [0, 0.1) is 6.92 Å². The lowest BCUT2D eigenvalue weighted by atomic mass is 10.3. The Morgan fingerprint density at radius 1 is 1.47 bits per heavy atom. The molecule has 0 saturated carbocycles. The molecule has 4 nitrogen and oxygen atoms in total. The summed E-state index contributed by atoms with van der Waals surface area (Å²) >= 11 is 3.46. The van der Waals surface area contributed by atoms with Crippen molar-refractivity contribution in [1.29, 1.82) is 0 Å². The molecular weight excluding hydrogens is 282 g/mol. The Morgan fingerprint density at radius 2 is 2.24 bits per heavy atom. The second-order valence-electron chi connectivity index (χ2n) is 3.82. The molecule has 0 atom stereocenters. The van der Waals surface area contributed by atoms with Crippen LogP contribution < -0.4 is 10.6 Å². The van der Waals surface area contributed by atoms with E-state index in [-0.39, 0.29) is 5.91 Å². The third-order valence-electron chi connectivity index (χ3n) is 2.30. The van der Waals surface area contributed by atoms with Gasteiger partial charge in [-0.15, -0.1) is 0 Å². The lowest BCUT2D eigenvalue weighted by Crippen LogP contribution is -2.26. The number of rotatable bonds is 6. The predicted octanol–water partition coefficient (Wildman–Crippen LogP) is 2.48. The molecule has 5 heteroatoms. The molecule has 1 rings (SSSR count). The molecule has 0 unspecified atom stereocenters. The van der Waals surface area contributed by atoms with Gasteiger partial charge in [0, 0.05) is 25.7 Å². The molecule has 2 N–H and O–H groups in total. The summed E-state index contributed by atoms with van der Waals surface area (Å²) in [6.45, 7) is 5.37. The zero-order chi connectivity index (χ0) is 12.7. The van der Waals surface area contributed by atoms with E-state index in [1.54, 1.807) is 6.20 Å². The number of aryl methyl sites for hydroxylation is 1. The van der Waals surface area contributed by atoms with Gasteiger partial charge < -0.3 is 10.6 Å². The van der Waals surface area contributed by atoms with Gasteiger partial charge in [-0.3, -0.25) is 4.79 Å². The average Bonchev–Trinajstić information content (AvgIpc) is 2.32. The van der Waals surface area contributed by atoms with E-state index >= 15 is 0 Å². The minimum absolute atomic E-state index is 0.0723. The smallest absolute Gasteiger partial charge is 0.221 e. The van der Waals surface area contributed by atoms with Crippen molar-refractivity contribution in [3.8, 4) is 0 Å². The van der Waals surface area contributed by atoms with E-state index in [0.29, 0.717) is 13.0 Å².